The first-order chi connectivity index (χ1) is 17.1. The van der Waals surface area contributed by atoms with E-state index >= 15 is 0 Å². The highest BCUT2D eigenvalue weighted by Crippen LogP contribution is 2.33. The smallest absolute Gasteiger partial charge is 0.354 e. The van der Waals surface area contributed by atoms with Crippen LogP contribution in [0.3, 0.4) is 0 Å². The van der Waals surface area contributed by atoms with Crippen molar-refractivity contribution in [3.63, 3.8) is 0 Å². The fourth-order valence-electron chi connectivity index (χ4n) is 3.17. The number of carbonyl (C=O) groups is 1. The number of nitrogens with zero attached hydrogens (tertiary/aromatic N) is 2. The number of rotatable bonds is 13. The number of carbonyl (C=O) groups excluding carboxylic acids is 1. The third-order valence-corrected chi connectivity index (χ3v) is 5.04. The Morgan fingerprint density at radius 1 is 1.17 bits per heavy atom. The molecule has 1 fully saturated rings. The number of aromatic nitrogens is 1. The molecule has 1 aliphatic rings. The van der Waals surface area contributed by atoms with Crippen molar-refractivity contribution in [3.05, 3.63) is 42.2 Å². The summed E-state index contributed by atoms with van der Waals surface area (Å²) in [5, 5.41) is 4.14. The van der Waals surface area contributed by atoms with Gasteiger partial charge in [0.1, 0.15) is 29.1 Å². The maximum Gasteiger partial charge on any atom is 0.354 e. The fourth-order valence-corrected chi connectivity index (χ4v) is 3.17. The number of nitrogens with one attached hydrogen (secondary N) is 1. The molecule has 10 nitrogen and oxygen atoms in total. The number of hydrazone groups is 1. The first kappa shape index (κ1) is 26.4. The Bertz CT molecular complexity index is 960. The molecule has 2 aromatic rings. The lowest BCUT2D eigenvalue weighted by Crippen LogP contribution is -2.26. The Kier molecular flexibility index (Phi) is 10.7. The molecule has 0 radical (unpaired) electrons. The molecule has 35 heavy (non-hydrogen) atoms. The summed E-state index contributed by atoms with van der Waals surface area (Å²) in [5.41, 5.74) is 4.52. The highest BCUT2D eigenvalue weighted by atomic mass is 16.5. The zero-order valence-electron chi connectivity index (χ0n) is 20.5. The lowest BCUT2D eigenvalue weighted by Gasteiger charge is -2.24. The van der Waals surface area contributed by atoms with E-state index in [0.717, 1.165) is 18.5 Å². The average Bonchev–Trinajstić information content (AvgIpc) is 2.88. The van der Waals surface area contributed by atoms with Gasteiger partial charge in [0.15, 0.2) is 0 Å². The van der Waals surface area contributed by atoms with Crippen LogP contribution < -0.4 is 14.9 Å². The van der Waals surface area contributed by atoms with Gasteiger partial charge in [0.25, 0.3) is 0 Å². The summed E-state index contributed by atoms with van der Waals surface area (Å²) in [6.07, 6.45) is 3.22. The number of esters is 1. The van der Waals surface area contributed by atoms with E-state index in [1.807, 2.05) is 12.1 Å². The second-order valence-corrected chi connectivity index (χ2v) is 7.75. The number of ether oxygens (including phenoxy) is 6. The number of benzene rings is 1. The minimum Gasteiger partial charge on any atom is -0.488 e. The van der Waals surface area contributed by atoms with Gasteiger partial charge in [-0.1, -0.05) is 0 Å². The van der Waals surface area contributed by atoms with Gasteiger partial charge in [-0.05, 0) is 38.1 Å². The van der Waals surface area contributed by atoms with E-state index in [9.17, 15) is 4.79 Å². The average molecular weight is 488 g/mol. The van der Waals surface area contributed by atoms with Crippen molar-refractivity contribution in [2.75, 3.05) is 45.6 Å². The molecule has 1 N–H and O–H groups in total. The molecule has 0 bridgehead atoms. The zero-order valence-corrected chi connectivity index (χ0v) is 20.5. The van der Waals surface area contributed by atoms with Crippen LogP contribution in [-0.4, -0.2) is 62.9 Å². The highest BCUT2D eigenvalue weighted by molar-refractivity contribution is 6.35. The van der Waals surface area contributed by atoms with Crippen LogP contribution in [0.4, 0.5) is 5.69 Å². The number of hydrogen-bond donors (Lipinski definition) is 1. The van der Waals surface area contributed by atoms with Crippen LogP contribution in [0.2, 0.25) is 0 Å². The Morgan fingerprint density at radius 2 is 1.97 bits per heavy atom. The molecular formula is C25H33N3O7. The first-order valence-electron chi connectivity index (χ1n) is 11.6. The van der Waals surface area contributed by atoms with E-state index in [2.05, 4.69) is 15.5 Å². The van der Waals surface area contributed by atoms with Gasteiger partial charge in [0.2, 0.25) is 0 Å². The molecule has 1 saturated heterocycles. The molecular weight excluding hydrogens is 454 g/mol. The van der Waals surface area contributed by atoms with Gasteiger partial charge in [-0.25, -0.2) is 4.79 Å². The van der Waals surface area contributed by atoms with Crippen molar-refractivity contribution in [1.82, 2.24) is 4.98 Å². The summed E-state index contributed by atoms with van der Waals surface area (Å²) in [5.74, 6) is 1.24. The van der Waals surface area contributed by atoms with Crippen LogP contribution in [0.5, 0.6) is 17.2 Å². The lowest BCUT2D eigenvalue weighted by atomic mass is 10.1. The van der Waals surface area contributed by atoms with Gasteiger partial charge in [0.05, 0.1) is 57.2 Å². The minimum absolute atomic E-state index is 0.00809. The van der Waals surface area contributed by atoms with Crippen molar-refractivity contribution in [3.8, 4) is 17.2 Å². The van der Waals surface area contributed by atoms with Crippen LogP contribution >= 0.6 is 0 Å². The molecule has 3 rings (SSSR count). The third kappa shape index (κ3) is 8.82. The summed E-state index contributed by atoms with van der Waals surface area (Å²) >= 11 is 0. The van der Waals surface area contributed by atoms with Crippen molar-refractivity contribution in [2.45, 2.75) is 39.4 Å². The molecule has 190 valence electrons. The summed E-state index contributed by atoms with van der Waals surface area (Å²) < 4.78 is 33.1. The topological polar surface area (TPSA) is 110 Å². The quantitative estimate of drug-likeness (QED) is 0.194. The van der Waals surface area contributed by atoms with Gasteiger partial charge >= 0.3 is 5.97 Å². The maximum absolute atomic E-state index is 11.9. The Hall–Kier alpha value is -3.21. The molecule has 1 aliphatic heterocycles. The summed E-state index contributed by atoms with van der Waals surface area (Å²) in [7, 11) is 1.63. The van der Waals surface area contributed by atoms with Gasteiger partial charge in [-0.15, -0.1) is 0 Å². The van der Waals surface area contributed by atoms with Gasteiger partial charge in [-0.3, -0.25) is 10.4 Å². The van der Waals surface area contributed by atoms with Crippen LogP contribution in [-0.2, 0) is 30.3 Å². The number of methoxy groups -OCH3 is 1. The van der Waals surface area contributed by atoms with E-state index in [1.165, 1.54) is 0 Å². The van der Waals surface area contributed by atoms with Crippen molar-refractivity contribution in [2.24, 2.45) is 5.10 Å². The van der Waals surface area contributed by atoms with Crippen LogP contribution in [0.1, 0.15) is 32.4 Å². The molecule has 1 aromatic carbocycles. The van der Waals surface area contributed by atoms with Crippen LogP contribution in [0.15, 0.2) is 41.6 Å². The van der Waals surface area contributed by atoms with Gasteiger partial charge < -0.3 is 28.4 Å². The Labute approximate surface area is 205 Å². The first-order valence-corrected chi connectivity index (χ1v) is 11.6. The Morgan fingerprint density at radius 3 is 2.69 bits per heavy atom. The SMILES string of the molecule is CCOC(=O)/C(C)=N\Nc1ccc(Oc2ccc(COCCOC)nc2)cc1OC1CCOCC1. The third-order valence-electron chi connectivity index (χ3n) is 5.04. The largest absolute Gasteiger partial charge is 0.488 e. The fraction of sp³-hybridized carbons (Fsp3) is 0.480. The van der Waals surface area contributed by atoms with Crippen molar-refractivity contribution in [1.29, 1.82) is 0 Å². The van der Waals surface area contributed by atoms with Crippen LogP contribution in [0, 0.1) is 0 Å². The Balaban J connectivity index is 1.70. The molecule has 0 saturated carbocycles. The summed E-state index contributed by atoms with van der Waals surface area (Å²) in [4.78, 5) is 16.2. The lowest BCUT2D eigenvalue weighted by molar-refractivity contribution is -0.135. The highest BCUT2D eigenvalue weighted by Gasteiger charge is 2.18. The summed E-state index contributed by atoms with van der Waals surface area (Å²) in [6, 6.07) is 9.05. The number of pyridine rings is 1. The maximum atomic E-state index is 11.9. The molecule has 0 amide bonds. The molecule has 0 unspecified atom stereocenters. The second kappa shape index (κ2) is 14.2. The van der Waals surface area contributed by atoms with E-state index in [1.54, 1.807) is 45.4 Å². The van der Waals surface area contributed by atoms with E-state index in [0.29, 0.717) is 56.0 Å². The van der Waals surface area contributed by atoms with Crippen molar-refractivity contribution >= 4 is 17.4 Å². The zero-order chi connectivity index (χ0) is 24.9. The molecule has 10 heteroatoms. The molecule has 0 spiro atoms. The predicted octanol–water partition coefficient (Wildman–Crippen LogP) is 3.95. The number of hydrogen-bond acceptors (Lipinski definition) is 10. The minimum atomic E-state index is -0.480. The predicted molar refractivity (Wildman–Crippen MR) is 130 cm³/mol. The standard InChI is InChI=1S/C25H33N3O7/c1-4-33-25(29)18(2)27-28-23-8-7-21(15-24(23)35-20-9-11-31-12-10-20)34-22-6-5-19(26-16-22)17-32-14-13-30-3/h5-8,15-16,20,28H,4,9-14,17H2,1-3H3/b27-18-. The second-order valence-electron chi connectivity index (χ2n) is 7.75. The van der Waals surface area contributed by atoms with E-state index in [4.69, 9.17) is 28.4 Å². The van der Waals surface area contributed by atoms with Crippen molar-refractivity contribution < 1.29 is 33.2 Å². The molecule has 0 aliphatic carbocycles. The molecule has 0 atom stereocenters. The van der Waals surface area contributed by atoms with E-state index in [-0.39, 0.29) is 18.4 Å². The van der Waals surface area contributed by atoms with E-state index < -0.39 is 5.97 Å². The molecule has 1 aromatic heterocycles. The van der Waals surface area contributed by atoms with Crippen LogP contribution in [0.25, 0.3) is 0 Å². The summed E-state index contributed by atoms with van der Waals surface area (Å²) in [6.45, 7) is 6.37. The normalized spacial score (nSPS) is 14.4. The van der Waals surface area contributed by atoms with Gasteiger partial charge in [-0.2, -0.15) is 5.10 Å². The van der Waals surface area contributed by atoms with Gasteiger partial charge in [0, 0.05) is 26.0 Å². The number of anilines is 1. The molecule has 2 heterocycles. The monoisotopic (exact) mass is 487 g/mol.